The highest BCUT2D eigenvalue weighted by molar-refractivity contribution is 6.30. The molecule has 26 heavy (non-hydrogen) atoms. The summed E-state index contributed by atoms with van der Waals surface area (Å²) in [5.74, 6) is -0.650. The molecule has 0 radical (unpaired) electrons. The highest BCUT2D eigenvalue weighted by Crippen LogP contribution is 2.22. The number of ketones is 1. The number of hydrogen-bond acceptors (Lipinski definition) is 4. The zero-order chi connectivity index (χ0) is 18.5. The van der Waals surface area contributed by atoms with Gasteiger partial charge in [0.05, 0.1) is 12.3 Å². The van der Waals surface area contributed by atoms with E-state index in [4.69, 9.17) is 16.3 Å². The number of nitrogens with zero attached hydrogens (tertiary/aromatic N) is 2. The number of ether oxygens (including phenoxy) is 1. The zero-order valence-corrected chi connectivity index (χ0v) is 14.9. The van der Waals surface area contributed by atoms with Crippen molar-refractivity contribution in [3.8, 4) is 11.3 Å². The molecule has 3 rings (SSSR count). The Labute approximate surface area is 156 Å². The topological polar surface area (TPSA) is 61.2 Å². The quantitative estimate of drug-likeness (QED) is 0.481. The van der Waals surface area contributed by atoms with E-state index < -0.39 is 5.97 Å². The summed E-state index contributed by atoms with van der Waals surface area (Å²) in [5, 5.41) is 5.04. The predicted molar refractivity (Wildman–Crippen MR) is 99.4 cm³/mol. The summed E-state index contributed by atoms with van der Waals surface area (Å²) in [6.45, 7) is 1.92. The summed E-state index contributed by atoms with van der Waals surface area (Å²) < 4.78 is 6.48. The molecule has 1 heterocycles. The third-order valence-electron chi connectivity index (χ3n) is 3.79. The van der Waals surface area contributed by atoms with E-state index in [1.165, 1.54) is 4.68 Å². The minimum Gasteiger partial charge on any atom is -0.461 e. The second kappa shape index (κ2) is 7.97. The highest BCUT2D eigenvalue weighted by Gasteiger charge is 2.19. The summed E-state index contributed by atoms with van der Waals surface area (Å²) >= 11 is 5.92. The fourth-order valence-corrected chi connectivity index (χ4v) is 2.65. The van der Waals surface area contributed by atoms with Gasteiger partial charge in [-0.2, -0.15) is 5.10 Å². The molecule has 0 atom stereocenters. The normalized spacial score (nSPS) is 10.5. The van der Waals surface area contributed by atoms with Gasteiger partial charge in [0.15, 0.2) is 5.78 Å². The van der Waals surface area contributed by atoms with E-state index in [0.717, 1.165) is 5.56 Å². The minimum atomic E-state index is -0.513. The Morgan fingerprint density at radius 1 is 1.08 bits per heavy atom. The maximum Gasteiger partial charge on any atom is 0.356 e. The van der Waals surface area contributed by atoms with Crippen LogP contribution in [-0.2, 0) is 11.3 Å². The molecule has 0 aliphatic rings. The Morgan fingerprint density at radius 3 is 2.42 bits per heavy atom. The fourth-order valence-electron chi connectivity index (χ4n) is 2.52. The van der Waals surface area contributed by atoms with E-state index >= 15 is 0 Å². The minimum absolute atomic E-state index is 0.0499. The van der Waals surface area contributed by atoms with Crippen LogP contribution in [0, 0.1) is 0 Å². The van der Waals surface area contributed by atoms with Gasteiger partial charge in [0.25, 0.3) is 0 Å². The van der Waals surface area contributed by atoms with E-state index in [1.807, 2.05) is 18.2 Å². The molecule has 0 saturated carbocycles. The molecule has 2 aromatic carbocycles. The number of Topliss-reactive ketones (excluding diaryl/α,β-unsaturated/α-hetero) is 1. The molecule has 0 amide bonds. The zero-order valence-electron chi connectivity index (χ0n) is 14.2. The Morgan fingerprint density at radius 2 is 1.77 bits per heavy atom. The Hall–Kier alpha value is -2.92. The lowest BCUT2D eigenvalue weighted by molar-refractivity contribution is 0.0512. The lowest BCUT2D eigenvalue weighted by Crippen LogP contribution is -2.18. The Bertz CT molecular complexity index is 918. The number of carbonyl (C=O) groups excluding carboxylic acids is 2. The molecular weight excluding hydrogens is 352 g/mol. The number of hydrogen-bond donors (Lipinski definition) is 0. The number of halogens is 1. The number of carbonyl (C=O) groups is 2. The number of rotatable bonds is 6. The van der Waals surface area contributed by atoms with Crippen molar-refractivity contribution >= 4 is 23.4 Å². The van der Waals surface area contributed by atoms with E-state index in [-0.39, 0.29) is 24.6 Å². The third-order valence-corrected chi connectivity index (χ3v) is 4.05. The number of esters is 1. The lowest BCUT2D eigenvalue weighted by atomic mass is 10.1. The van der Waals surface area contributed by atoms with Gasteiger partial charge in [-0.25, -0.2) is 9.48 Å². The van der Waals surface area contributed by atoms with Crippen molar-refractivity contribution in [1.82, 2.24) is 9.78 Å². The van der Waals surface area contributed by atoms with E-state index in [0.29, 0.717) is 16.3 Å². The van der Waals surface area contributed by atoms with Gasteiger partial charge in [-0.3, -0.25) is 4.79 Å². The number of aromatic nitrogens is 2. The fraction of sp³-hybridized carbons (Fsp3) is 0.150. The van der Waals surface area contributed by atoms with Crippen molar-refractivity contribution < 1.29 is 14.3 Å². The van der Waals surface area contributed by atoms with Crippen LogP contribution in [0.4, 0.5) is 0 Å². The predicted octanol–water partition coefficient (Wildman–Crippen LogP) is 4.26. The molecule has 0 unspecified atom stereocenters. The van der Waals surface area contributed by atoms with Crippen molar-refractivity contribution in [3.63, 3.8) is 0 Å². The average molecular weight is 369 g/mol. The molecule has 5 nitrogen and oxygen atoms in total. The van der Waals surface area contributed by atoms with Crippen LogP contribution in [0.2, 0.25) is 5.02 Å². The van der Waals surface area contributed by atoms with Gasteiger partial charge < -0.3 is 4.74 Å². The standard InChI is InChI=1S/C20H17ClN2O3/c1-2-26-20(25)18-12-17(14-8-10-16(21)11-9-14)22-23(18)13-19(24)15-6-4-3-5-7-15/h3-12H,2,13H2,1H3. The van der Waals surface area contributed by atoms with Gasteiger partial charge in [-0.1, -0.05) is 54.1 Å². The van der Waals surface area contributed by atoms with Crippen molar-refractivity contribution in [1.29, 1.82) is 0 Å². The van der Waals surface area contributed by atoms with Crippen LogP contribution in [0.25, 0.3) is 11.3 Å². The molecule has 0 saturated heterocycles. The SMILES string of the molecule is CCOC(=O)c1cc(-c2ccc(Cl)cc2)nn1CC(=O)c1ccccc1. The van der Waals surface area contributed by atoms with Crippen LogP contribution < -0.4 is 0 Å². The molecule has 0 fully saturated rings. The van der Waals surface area contributed by atoms with Gasteiger partial charge >= 0.3 is 5.97 Å². The average Bonchev–Trinajstić information content (AvgIpc) is 3.07. The van der Waals surface area contributed by atoms with Crippen molar-refractivity contribution in [2.24, 2.45) is 0 Å². The van der Waals surface area contributed by atoms with E-state index in [1.54, 1.807) is 49.4 Å². The van der Waals surface area contributed by atoms with Crippen molar-refractivity contribution in [3.05, 3.63) is 76.9 Å². The van der Waals surface area contributed by atoms with E-state index in [2.05, 4.69) is 5.10 Å². The van der Waals surface area contributed by atoms with Crippen LogP contribution in [0.15, 0.2) is 60.7 Å². The van der Waals surface area contributed by atoms with Crippen LogP contribution in [0.3, 0.4) is 0 Å². The summed E-state index contributed by atoms with van der Waals surface area (Å²) in [6.07, 6.45) is 0. The molecule has 0 aliphatic carbocycles. The molecule has 0 N–H and O–H groups in total. The smallest absolute Gasteiger partial charge is 0.356 e. The first kappa shape index (κ1) is 17.9. The Kier molecular flexibility index (Phi) is 5.49. The largest absolute Gasteiger partial charge is 0.461 e. The molecule has 3 aromatic rings. The summed E-state index contributed by atoms with van der Waals surface area (Å²) in [5.41, 5.74) is 2.17. The summed E-state index contributed by atoms with van der Waals surface area (Å²) in [4.78, 5) is 24.8. The van der Waals surface area contributed by atoms with Gasteiger partial charge in [-0.05, 0) is 25.1 Å². The first-order valence-electron chi connectivity index (χ1n) is 8.17. The first-order chi connectivity index (χ1) is 12.6. The van der Waals surface area contributed by atoms with Crippen LogP contribution >= 0.6 is 11.6 Å². The van der Waals surface area contributed by atoms with Gasteiger partial charge in [0.2, 0.25) is 0 Å². The summed E-state index contributed by atoms with van der Waals surface area (Å²) in [7, 11) is 0. The molecular formula is C20H17ClN2O3. The van der Waals surface area contributed by atoms with Crippen molar-refractivity contribution in [2.45, 2.75) is 13.5 Å². The monoisotopic (exact) mass is 368 g/mol. The second-order valence-corrected chi connectivity index (χ2v) is 6.03. The first-order valence-corrected chi connectivity index (χ1v) is 8.55. The van der Waals surface area contributed by atoms with Gasteiger partial charge in [-0.15, -0.1) is 0 Å². The van der Waals surface area contributed by atoms with Crippen LogP contribution in [0.5, 0.6) is 0 Å². The van der Waals surface area contributed by atoms with Crippen LogP contribution in [0.1, 0.15) is 27.8 Å². The molecule has 1 aromatic heterocycles. The lowest BCUT2D eigenvalue weighted by Gasteiger charge is -2.06. The van der Waals surface area contributed by atoms with Gasteiger partial charge in [0.1, 0.15) is 12.2 Å². The Balaban J connectivity index is 1.95. The molecule has 0 spiro atoms. The maximum atomic E-state index is 12.5. The van der Waals surface area contributed by atoms with Crippen molar-refractivity contribution in [2.75, 3.05) is 6.61 Å². The maximum absolute atomic E-state index is 12.5. The van der Waals surface area contributed by atoms with E-state index in [9.17, 15) is 9.59 Å². The molecule has 0 bridgehead atoms. The molecule has 0 aliphatic heterocycles. The number of benzene rings is 2. The van der Waals surface area contributed by atoms with Crippen LogP contribution in [-0.4, -0.2) is 28.1 Å². The van der Waals surface area contributed by atoms with Gasteiger partial charge in [0, 0.05) is 16.1 Å². The molecule has 6 heteroatoms. The highest BCUT2D eigenvalue weighted by atomic mass is 35.5. The third kappa shape index (κ3) is 4.00. The second-order valence-electron chi connectivity index (χ2n) is 5.59. The summed E-state index contributed by atoms with van der Waals surface area (Å²) in [6, 6.07) is 17.6. The molecule has 132 valence electrons.